The zero-order valence-corrected chi connectivity index (χ0v) is 11.3. The number of ether oxygens (including phenoxy) is 1. The van der Waals surface area contributed by atoms with Crippen LogP contribution in [0.4, 0.5) is 10.5 Å². The van der Waals surface area contributed by atoms with Crippen LogP contribution < -0.4 is 10.2 Å². The summed E-state index contributed by atoms with van der Waals surface area (Å²) in [7, 11) is 0. The molecular formula is C16H14N2O3. The van der Waals surface area contributed by atoms with Crippen LogP contribution in [-0.4, -0.2) is 31.2 Å². The molecular weight excluding hydrogens is 268 g/mol. The summed E-state index contributed by atoms with van der Waals surface area (Å²) in [6.07, 6.45) is 0. The van der Waals surface area contributed by atoms with Crippen LogP contribution >= 0.6 is 0 Å². The third kappa shape index (κ3) is 1.81. The highest BCUT2D eigenvalue weighted by molar-refractivity contribution is 6.20. The van der Waals surface area contributed by atoms with Crippen molar-refractivity contribution in [3.63, 3.8) is 0 Å². The highest BCUT2D eigenvalue weighted by atomic mass is 16.5. The lowest BCUT2D eigenvalue weighted by Gasteiger charge is -2.33. The zero-order valence-electron chi connectivity index (χ0n) is 11.3. The summed E-state index contributed by atoms with van der Waals surface area (Å²) in [4.78, 5) is 26.2. The Bertz CT molecular complexity index is 738. The number of urea groups is 1. The molecule has 2 aliphatic rings. The van der Waals surface area contributed by atoms with E-state index in [1.54, 1.807) is 6.07 Å². The second-order valence-corrected chi connectivity index (χ2v) is 5.37. The predicted octanol–water partition coefficient (Wildman–Crippen LogP) is 1.91. The molecule has 2 unspecified atom stereocenters. The minimum Gasteiger partial charge on any atom is -0.378 e. The van der Waals surface area contributed by atoms with Crippen molar-refractivity contribution >= 4 is 28.4 Å². The fraction of sp³-hybridized carbons (Fsp3) is 0.250. The Balaban J connectivity index is 1.84. The number of hydrogen-bond acceptors (Lipinski definition) is 3. The minimum absolute atomic E-state index is 0.183. The van der Waals surface area contributed by atoms with Crippen LogP contribution in [0.1, 0.15) is 0 Å². The zero-order chi connectivity index (χ0) is 14.4. The first-order valence-corrected chi connectivity index (χ1v) is 6.95. The summed E-state index contributed by atoms with van der Waals surface area (Å²) >= 11 is 0. The number of anilines is 1. The molecule has 2 heterocycles. The summed E-state index contributed by atoms with van der Waals surface area (Å²) in [6, 6.07) is 12.8. The van der Waals surface area contributed by atoms with Gasteiger partial charge in [-0.25, -0.2) is 9.69 Å². The monoisotopic (exact) mass is 282 g/mol. The molecule has 2 atom stereocenters. The largest absolute Gasteiger partial charge is 0.378 e. The second-order valence-electron chi connectivity index (χ2n) is 5.37. The van der Waals surface area contributed by atoms with Gasteiger partial charge in [0.15, 0.2) is 0 Å². The maximum absolute atomic E-state index is 12.6. The molecule has 2 saturated heterocycles. The average Bonchev–Trinajstić information content (AvgIpc) is 2.96. The smallest absolute Gasteiger partial charge is 0.329 e. The van der Waals surface area contributed by atoms with Gasteiger partial charge in [-0.05, 0) is 11.5 Å². The standard InChI is InChI=1S/C16H14N2O3/c19-15-12-8-21-9-13(12)17-16(20)18(15)14-7-3-5-10-4-1-2-6-11(10)14/h1-7,12-13H,8-9H2,(H,17,20). The van der Waals surface area contributed by atoms with E-state index >= 15 is 0 Å². The molecule has 5 nitrogen and oxygen atoms in total. The fourth-order valence-electron chi connectivity index (χ4n) is 3.06. The number of fused-ring (bicyclic) bond motifs is 2. The number of imide groups is 1. The summed E-state index contributed by atoms with van der Waals surface area (Å²) < 4.78 is 5.32. The van der Waals surface area contributed by atoms with Crippen LogP contribution in [0.15, 0.2) is 42.5 Å². The molecule has 0 saturated carbocycles. The van der Waals surface area contributed by atoms with Gasteiger partial charge in [0.2, 0.25) is 5.91 Å². The van der Waals surface area contributed by atoms with Crippen LogP contribution in [0.5, 0.6) is 0 Å². The number of carbonyl (C=O) groups is 2. The van der Waals surface area contributed by atoms with Crippen LogP contribution in [-0.2, 0) is 9.53 Å². The molecule has 0 radical (unpaired) electrons. The lowest BCUT2D eigenvalue weighted by atomic mass is 9.98. The first-order chi connectivity index (χ1) is 10.3. The van der Waals surface area contributed by atoms with E-state index in [0.717, 1.165) is 10.8 Å². The van der Waals surface area contributed by atoms with Crippen LogP contribution in [0, 0.1) is 5.92 Å². The summed E-state index contributed by atoms with van der Waals surface area (Å²) in [5, 5.41) is 4.75. The molecule has 21 heavy (non-hydrogen) atoms. The molecule has 2 aliphatic heterocycles. The van der Waals surface area contributed by atoms with E-state index in [0.29, 0.717) is 18.9 Å². The van der Waals surface area contributed by atoms with Gasteiger partial charge in [-0.1, -0.05) is 36.4 Å². The lowest BCUT2D eigenvalue weighted by Crippen LogP contribution is -2.60. The minimum atomic E-state index is -0.372. The van der Waals surface area contributed by atoms with Gasteiger partial charge in [0.25, 0.3) is 0 Å². The number of carbonyl (C=O) groups excluding carboxylic acids is 2. The Hall–Kier alpha value is -2.40. The first-order valence-electron chi connectivity index (χ1n) is 6.95. The van der Waals surface area contributed by atoms with Crippen molar-refractivity contribution in [3.05, 3.63) is 42.5 Å². The highest BCUT2D eigenvalue weighted by Gasteiger charge is 2.45. The molecule has 106 valence electrons. The summed E-state index contributed by atoms with van der Waals surface area (Å²) in [6.45, 7) is 0.774. The van der Waals surface area contributed by atoms with Crippen molar-refractivity contribution in [3.8, 4) is 0 Å². The molecule has 2 aromatic rings. The molecule has 3 amide bonds. The van der Waals surface area contributed by atoms with Crippen molar-refractivity contribution in [2.45, 2.75) is 6.04 Å². The number of hydrogen-bond donors (Lipinski definition) is 1. The summed E-state index contributed by atoms with van der Waals surface area (Å²) in [5.74, 6) is -0.473. The molecule has 2 aromatic carbocycles. The maximum Gasteiger partial charge on any atom is 0.329 e. The summed E-state index contributed by atoms with van der Waals surface area (Å²) in [5.41, 5.74) is 0.626. The molecule has 5 heteroatoms. The van der Waals surface area contributed by atoms with Crippen LogP contribution in [0.2, 0.25) is 0 Å². The Kier molecular flexibility index (Phi) is 2.68. The lowest BCUT2D eigenvalue weighted by molar-refractivity contribution is -0.122. The highest BCUT2D eigenvalue weighted by Crippen LogP contribution is 2.31. The SMILES string of the molecule is O=C1NC2COCC2C(=O)N1c1cccc2ccccc12. The van der Waals surface area contributed by atoms with Crippen LogP contribution in [0.25, 0.3) is 10.8 Å². The first kappa shape index (κ1) is 12.3. The van der Waals surface area contributed by atoms with E-state index in [4.69, 9.17) is 4.74 Å². The maximum atomic E-state index is 12.6. The van der Waals surface area contributed by atoms with Crippen molar-refractivity contribution < 1.29 is 14.3 Å². The third-order valence-electron chi connectivity index (χ3n) is 4.14. The molecule has 1 N–H and O–H groups in total. The normalized spacial score (nSPS) is 25.0. The van der Waals surface area contributed by atoms with E-state index in [9.17, 15) is 9.59 Å². The number of nitrogens with one attached hydrogen (secondary N) is 1. The Morgan fingerprint density at radius 2 is 1.86 bits per heavy atom. The van der Waals surface area contributed by atoms with Gasteiger partial charge in [0.1, 0.15) is 0 Å². The topological polar surface area (TPSA) is 58.6 Å². The van der Waals surface area contributed by atoms with Gasteiger partial charge in [-0.15, -0.1) is 0 Å². The van der Waals surface area contributed by atoms with E-state index in [1.165, 1.54) is 4.90 Å². The number of benzene rings is 2. The molecule has 0 spiro atoms. The van der Waals surface area contributed by atoms with E-state index < -0.39 is 0 Å². The molecule has 0 aliphatic carbocycles. The van der Waals surface area contributed by atoms with Gasteiger partial charge >= 0.3 is 6.03 Å². The van der Waals surface area contributed by atoms with Crippen molar-refractivity contribution in [2.75, 3.05) is 18.1 Å². The quantitative estimate of drug-likeness (QED) is 0.869. The third-order valence-corrected chi connectivity index (χ3v) is 4.14. The van der Waals surface area contributed by atoms with Crippen molar-refractivity contribution in [1.29, 1.82) is 0 Å². The number of rotatable bonds is 1. The Morgan fingerprint density at radius 1 is 1.05 bits per heavy atom. The molecule has 2 fully saturated rings. The number of nitrogens with zero attached hydrogens (tertiary/aromatic N) is 1. The molecule has 0 bridgehead atoms. The Morgan fingerprint density at radius 3 is 2.76 bits per heavy atom. The fourth-order valence-corrected chi connectivity index (χ4v) is 3.06. The van der Waals surface area contributed by atoms with Crippen LogP contribution in [0.3, 0.4) is 0 Å². The molecule has 4 rings (SSSR count). The van der Waals surface area contributed by atoms with Gasteiger partial charge in [-0.2, -0.15) is 0 Å². The van der Waals surface area contributed by atoms with Gasteiger partial charge < -0.3 is 10.1 Å². The predicted molar refractivity (Wildman–Crippen MR) is 78.1 cm³/mol. The number of amides is 3. The van der Waals surface area contributed by atoms with Gasteiger partial charge in [0.05, 0.1) is 30.9 Å². The van der Waals surface area contributed by atoms with Crippen molar-refractivity contribution in [2.24, 2.45) is 5.92 Å². The van der Waals surface area contributed by atoms with Gasteiger partial charge in [0, 0.05) is 5.39 Å². The molecule has 0 aromatic heterocycles. The average molecular weight is 282 g/mol. The van der Waals surface area contributed by atoms with E-state index in [-0.39, 0.29) is 23.9 Å². The van der Waals surface area contributed by atoms with E-state index in [1.807, 2.05) is 36.4 Å². The van der Waals surface area contributed by atoms with E-state index in [2.05, 4.69) is 5.32 Å². The Labute approximate surface area is 121 Å². The van der Waals surface area contributed by atoms with Gasteiger partial charge in [-0.3, -0.25) is 4.79 Å². The van der Waals surface area contributed by atoms with Crippen molar-refractivity contribution in [1.82, 2.24) is 5.32 Å². The second kappa shape index (κ2) is 4.56.